The molecule has 2 N–H and O–H groups in total. The molecule has 4 fully saturated rings. The molecule has 4 aliphatic heterocycles. The van der Waals surface area contributed by atoms with Gasteiger partial charge >= 0.3 is 0 Å². The Labute approximate surface area is 257 Å². The summed E-state index contributed by atoms with van der Waals surface area (Å²) in [6, 6.07) is 4.01. The molecule has 1 saturated carbocycles. The van der Waals surface area contributed by atoms with Crippen LogP contribution in [0.15, 0.2) is 30.4 Å². The van der Waals surface area contributed by atoms with E-state index in [9.17, 15) is 14.4 Å². The van der Waals surface area contributed by atoms with Gasteiger partial charge in [-0.3, -0.25) is 19.3 Å². The van der Waals surface area contributed by atoms with Crippen LogP contribution < -0.4 is 10.6 Å². The van der Waals surface area contributed by atoms with Crippen molar-refractivity contribution in [3.63, 3.8) is 0 Å². The van der Waals surface area contributed by atoms with E-state index >= 15 is 0 Å². The van der Waals surface area contributed by atoms with Gasteiger partial charge in [-0.25, -0.2) is 0 Å². The zero-order valence-corrected chi connectivity index (χ0v) is 25.7. The van der Waals surface area contributed by atoms with Crippen molar-refractivity contribution in [3.8, 4) is 0 Å². The summed E-state index contributed by atoms with van der Waals surface area (Å²) in [6.07, 6.45) is 6.93. The average molecular weight is 620 g/mol. The molecule has 42 heavy (non-hydrogen) atoms. The van der Waals surface area contributed by atoms with Crippen LogP contribution in [-0.2, 0) is 23.9 Å². The van der Waals surface area contributed by atoms with Crippen molar-refractivity contribution >= 4 is 46.6 Å². The largest absolute Gasteiger partial charge is 0.379 e. The molecule has 4 heterocycles. The number of benzene rings is 1. The first-order valence-electron chi connectivity index (χ1n) is 15.2. The first-order valence-corrected chi connectivity index (χ1v) is 16.0. The maximum Gasteiger partial charge on any atom is 0.246 e. The number of ether oxygens (including phenoxy) is 2. The standard InChI is InChI=1S/C31H40Cl2N4O5/c1-18-5-3-6-23(19(18)2)35-29(39)27-31-8-7-24(42-31)25(28(38)34-22-16-20(32)15-21(33)17-22)26(31)30(40)37(27)10-4-9-36-11-13-41-14-12-36/h7-8,15-19,23-27H,3-6,9-14H2,1-2H3,(H,34,38)(H,35,39)/t18?,19?,23?,24-,25?,26-,27?,31?/m0/s1. The Bertz CT molecular complexity index is 1240. The number of likely N-dealkylation sites (tertiary alicyclic amines) is 1. The van der Waals surface area contributed by atoms with Gasteiger partial charge in [0.2, 0.25) is 17.7 Å². The number of nitrogens with one attached hydrogen (secondary N) is 2. The van der Waals surface area contributed by atoms with E-state index in [4.69, 9.17) is 32.7 Å². The zero-order valence-electron chi connectivity index (χ0n) is 24.2. The quantitative estimate of drug-likeness (QED) is 0.431. The van der Waals surface area contributed by atoms with Crippen LogP contribution in [0.25, 0.3) is 0 Å². The number of amides is 3. The number of morpholine rings is 1. The second kappa shape index (κ2) is 12.1. The van der Waals surface area contributed by atoms with Gasteiger partial charge in [0.15, 0.2) is 0 Å². The van der Waals surface area contributed by atoms with Crippen molar-refractivity contribution < 1.29 is 23.9 Å². The van der Waals surface area contributed by atoms with Crippen molar-refractivity contribution in [3.05, 3.63) is 40.4 Å². The first-order chi connectivity index (χ1) is 20.2. The summed E-state index contributed by atoms with van der Waals surface area (Å²) >= 11 is 12.3. The normalized spacial score (nSPS) is 35.9. The number of fused-ring (bicyclic) bond motifs is 1. The Balaban J connectivity index is 1.25. The lowest BCUT2D eigenvalue weighted by molar-refractivity contribution is -0.141. The van der Waals surface area contributed by atoms with Gasteiger partial charge in [0.05, 0.1) is 31.2 Å². The molecule has 8 atom stereocenters. The smallest absolute Gasteiger partial charge is 0.246 e. The molecule has 228 valence electrons. The third kappa shape index (κ3) is 5.47. The lowest BCUT2D eigenvalue weighted by atomic mass is 9.73. The Kier molecular flexibility index (Phi) is 8.59. The minimum Gasteiger partial charge on any atom is -0.379 e. The van der Waals surface area contributed by atoms with Crippen molar-refractivity contribution in [2.45, 2.75) is 63.3 Å². The first kappa shape index (κ1) is 29.9. The van der Waals surface area contributed by atoms with Crippen LogP contribution in [0, 0.1) is 23.7 Å². The minimum absolute atomic E-state index is 0.0382. The molecule has 2 bridgehead atoms. The van der Waals surface area contributed by atoms with Gasteiger partial charge in [0.1, 0.15) is 11.6 Å². The van der Waals surface area contributed by atoms with E-state index < -0.39 is 29.6 Å². The molecule has 3 amide bonds. The number of carbonyl (C=O) groups is 3. The highest BCUT2D eigenvalue weighted by Gasteiger charge is 2.72. The number of carbonyl (C=O) groups excluding carboxylic acids is 3. The molecule has 9 nitrogen and oxygen atoms in total. The van der Waals surface area contributed by atoms with E-state index in [0.717, 1.165) is 38.9 Å². The fourth-order valence-corrected chi connectivity index (χ4v) is 8.22. The monoisotopic (exact) mass is 618 g/mol. The van der Waals surface area contributed by atoms with Crippen LogP contribution in [0.3, 0.4) is 0 Å². The summed E-state index contributed by atoms with van der Waals surface area (Å²) in [5.74, 6) is -1.50. The molecule has 11 heteroatoms. The second-order valence-electron chi connectivity index (χ2n) is 12.6. The van der Waals surface area contributed by atoms with Crippen LogP contribution in [-0.4, -0.2) is 90.7 Å². The second-order valence-corrected chi connectivity index (χ2v) is 13.4. The molecule has 3 saturated heterocycles. The third-order valence-corrected chi connectivity index (χ3v) is 10.5. The molecule has 5 aliphatic rings. The number of rotatable bonds is 8. The molecule has 1 aliphatic carbocycles. The van der Waals surface area contributed by atoms with E-state index in [-0.39, 0.29) is 23.8 Å². The Hall–Kier alpha value is -2.17. The van der Waals surface area contributed by atoms with Crippen LogP contribution in [0.4, 0.5) is 5.69 Å². The zero-order chi connectivity index (χ0) is 29.6. The molecule has 1 spiro atoms. The molecular weight excluding hydrogens is 579 g/mol. The van der Waals surface area contributed by atoms with Crippen LogP contribution >= 0.6 is 23.2 Å². The Morgan fingerprint density at radius 3 is 2.52 bits per heavy atom. The molecular formula is C31H40Cl2N4O5. The van der Waals surface area contributed by atoms with Crippen LogP contribution in [0.2, 0.25) is 10.0 Å². The minimum atomic E-state index is -1.19. The van der Waals surface area contributed by atoms with E-state index in [1.165, 1.54) is 0 Å². The van der Waals surface area contributed by atoms with Crippen molar-refractivity contribution in [2.75, 3.05) is 44.7 Å². The summed E-state index contributed by atoms with van der Waals surface area (Å²) in [5, 5.41) is 6.99. The molecule has 6 rings (SSSR count). The summed E-state index contributed by atoms with van der Waals surface area (Å²) in [5.41, 5.74) is -0.747. The van der Waals surface area contributed by atoms with E-state index in [0.29, 0.717) is 53.7 Å². The fourth-order valence-electron chi connectivity index (χ4n) is 7.70. The summed E-state index contributed by atoms with van der Waals surface area (Å²) in [7, 11) is 0. The van der Waals surface area contributed by atoms with Crippen LogP contribution in [0.1, 0.15) is 39.5 Å². The molecule has 0 aromatic heterocycles. The average Bonchev–Trinajstić information content (AvgIpc) is 3.59. The number of hydrogen-bond donors (Lipinski definition) is 2. The van der Waals surface area contributed by atoms with E-state index in [1.54, 1.807) is 23.1 Å². The van der Waals surface area contributed by atoms with E-state index in [2.05, 4.69) is 29.4 Å². The van der Waals surface area contributed by atoms with Gasteiger partial charge in [0.25, 0.3) is 0 Å². The SMILES string of the molecule is CC1CCCC(NC(=O)C2N(CCCN3CCOCC3)C(=O)[C@@H]3C(C(=O)Nc4cc(Cl)cc(Cl)c4)[C@@H]4C=CC23O4)C1C. The van der Waals surface area contributed by atoms with Gasteiger partial charge in [-0.05, 0) is 42.9 Å². The highest BCUT2D eigenvalue weighted by Crippen LogP contribution is 2.55. The predicted octanol–water partition coefficient (Wildman–Crippen LogP) is 3.75. The van der Waals surface area contributed by atoms with E-state index in [1.807, 2.05) is 12.2 Å². The fraction of sp³-hybridized carbons (Fsp3) is 0.645. The third-order valence-electron chi connectivity index (χ3n) is 10.1. The number of hydrogen-bond acceptors (Lipinski definition) is 6. The molecule has 6 unspecified atom stereocenters. The van der Waals surface area contributed by atoms with Gasteiger partial charge < -0.3 is 25.0 Å². The van der Waals surface area contributed by atoms with Gasteiger partial charge in [-0.15, -0.1) is 0 Å². The molecule has 0 radical (unpaired) electrons. The maximum absolute atomic E-state index is 14.2. The Morgan fingerprint density at radius 2 is 1.79 bits per heavy atom. The lowest BCUT2D eigenvalue weighted by Crippen LogP contribution is -2.58. The van der Waals surface area contributed by atoms with Crippen molar-refractivity contribution in [1.29, 1.82) is 0 Å². The highest BCUT2D eigenvalue weighted by molar-refractivity contribution is 6.35. The molecule has 1 aromatic carbocycles. The number of nitrogens with zero attached hydrogens (tertiary/aromatic N) is 2. The Morgan fingerprint density at radius 1 is 1.05 bits per heavy atom. The van der Waals surface area contributed by atoms with Gasteiger partial charge in [0, 0.05) is 48.0 Å². The highest BCUT2D eigenvalue weighted by atomic mass is 35.5. The van der Waals surface area contributed by atoms with Gasteiger partial charge in [-0.1, -0.05) is 62.0 Å². The molecule has 1 aromatic rings. The number of halogens is 2. The summed E-state index contributed by atoms with van der Waals surface area (Å²) in [6.45, 7) is 8.73. The van der Waals surface area contributed by atoms with Crippen molar-refractivity contribution in [2.24, 2.45) is 23.7 Å². The number of anilines is 1. The van der Waals surface area contributed by atoms with Gasteiger partial charge in [-0.2, -0.15) is 0 Å². The van der Waals surface area contributed by atoms with Crippen LogP contribution in [0.5, 0.6) is 0 Å². The summed E-state index contributed by atoms with van der Waals surface area (Å²) < 4.78 is 12.0. The summed E-state index contributed by atoms with van der Waals surface area (Å²) in [4.78, 5) is 46.1. The predicted molar refractivity (Wildman–Crippen MR) is 160 cm³/mol. The topological polar surface area (TPSA) is 100 Å². The van der Waals surface area contributed by atoms with Crippen molar-refractivity contribution in [1.82, 2.24) is 15.1 Å². The lowest BCUT2D eigenvalue weighted by Gasteiger charge is -2.38. The maximum atomic E-state index is 14.2.